The third-order valence-electron chi connectivity index (χ3n) is 5.10. The number of likely N-dealkylation sites (tertiary alicyclic amines) is 1. The van der Waals surface area contributed by atoms with E-state index in [1.807, 2.05) is 38.2 Å². The van der Waals surface area contributed by atoms with Gasteiger partial charge in [-0.2, -0.15) is 0 Å². The van der Waals surface area contributed by atoms with Crippen molar-refractivity contribution < 1.29 is 0 Å². The molecular formula is C21H27BrN4. The van der Waals surface area contributed by atoms with Gasteiger partial charge >= 0.3 is 0 Å². The van der Waals surface area contributed by atoms with Crippen molar-refractivity contribution in [3.8, 4) is 0 Å². The maximum atomic E-state index is 4.87. The summed E-state index contributed by atoms with van der Waals surface area (Å²) in [5.74, 6) is 1.05. The van der Waals surface area contributed by atoms with Crippen molar-refractivity contribution in [1.82, 2.24) is 19.9 Å². The second-order valence-corrected chi connectivity index (χ2v) is 7.45. The van der Waals surface area contributed by atoms with E-state index in [-0.39, 0.29) is 0 Å². The number of aromatic nitrogens is 3. The van der Waals surface area contributed by atoms with Gasteiger partial charge in [-0.1, -0.05) is 26.0 Å². The molecule has 26 heavy (non-hydrogen) atoms. The fourth-order valence-corrected chi connectivity index (χ4v) is 4.26. The van der Waals surface area contributed by atoms with Crippen molar-refractivity contribution in [2.75, 3.05) is 7.05 Å². The van der Waals surface area contributed by atoms with Crippen LogP contribution in [0, 0.1) is 6.92 Å². The van der Waals surface area contributed by atoms with Gasteiger partial charge < -0.3 is 4.98 Å². The molecule has 1 aromatic carbocycles. The van der Waals surface area contributed by atoms with Gasteiger partial charge in [0.15, 0.2) is 0 Å². The molecule has 0 bridgehead atoms. The molecule has 2 atom stereocenters. The van der Waals surface area contributed by atoms with Crippen molar-refractivity contribution in [1.29, 1.82) is 0 Å². The molecule has 1 saturated heterocycles. The Balaban J connectivity index is 0.000000948. The zero-order valence-electron chi connectivity index (χ0n) is 16.0. The molecule has 138 valence electrons. The zero-order chi connectivity index (χ0) is 18.7. The summed E-state index contributed by atoms with van der Waals surface area (Å²) in [6.07, 6.45) is 5.36. The number of halogens is 1. The number of nitrogens with one attached hydrogen (secondary N) is 1. The number of fused-ring (bicyclic) bond motifs is 1. The average Bonchev–Trinajstić information content (AvgIpc) is 3.10. The first-order valence-corrected chi connectivity index (χ1v) is 10.2. The summed E-state index contributed by atoms with van der Waals surface area (Å²) in [7, 11) is 2.20. The third kappa shape index (κ3) is 3.55. The van der Waals surface area contributed by atoms with Crippen LogP contribution in [0.2, 0.25) is 0 Å². The normalized spacial score (nSPS) is 20.7. The topological polar surface area (TPSA) is 44.8 Å². The summed E-state index contributed by atoms with van der Waals surface area (Å²) < 4.78 is 1.04. The molecule has 1 aliphatic heterocycles. The molecule has 0 amide bonds. The fourth-order valence-electron chi connectivity index (χ4n) is 3.81. The van der Waals surface area contributed by atoms with Crippen molar-refractivity contribution in [3.63, 3.8) is 0 Å². The minimum atomic E-state index is 0.296. The van der Waals surface area contributed by atoms with Gasteiger partial charge in [0.1, 0.15) is 11.3 Å². The van der Waals surface area contributed by atoms with Crippen LogP contribution < -0.4 is 0 Å². The number of hydrogen-bond donors (Lipinski definition) is 1. The lowest BCUT2D eigenvalue weighted by molar-refractivity contribution is 0.107. The molecule has 0 radical (unpaired) electrons. The second-order valence-electron chi connectivity index (χ2n) is 6.59. The van der Waals surface area contributed by atoms with E-state index >= 15 is 0 Å². The molecule has 2 aromatic heterocycles. The lowest BCUT2D eigenvalue weighted by Gasteiger charge is -2.38. The van der Waals surface area contributed by atoms with E-state index in [0.717, 1.165) is 34.2 Å². The first-order chi connectivity index (χ1) is 12.6. The molecule has 0 spiro atoms. The summed E-state index contributed by atoms with van der Waals surface area (Å²) in [6, 6.07) is 11.0. The van der Waals surface area contributed by atoms with Gasteiger partial charge in [0, 0.05) is 10.7 Å². The van der Waals surface area contributed by atoms with Crippen LogP contribution in [0.25, 0.3) is 11.0 Å². The third-order valence-corrected chi connectivity index (χ3v) is 5.74. The largest absolute Gasteiger partial charge is 0.341 e. The number of benzene rings is 1. The van der Waals surface area contributed by atoms with Gasteiger partial charge in [-0.05, 0) is 72.9 Å². The van der Waals surface area contributed by atoms with Crippen LogP contribution in [0.5, 0.6) is 0 Å². The van der Waals surface area contributed by atoms with Gasteiger partial charge in [0.2, 0.25) is 0 Å². The minimum absolute atomic E-state index is 0.296. The maximum Gasteiger partial charge on any atom is 0.124 e. The SMILES string of the molecule is CC.Cc1cccnc1C1CCCC(c2nc3c(Br)cccc3[nH]2)N1C. The molecule has 0 aliphatic carbocycles. The van der Waals surface area contributed by atoms with Crippen molar-refractivity contribution >= 4 is 27.0 Å². The first kappa shape index (κ1) is 19.1. The summed E-state index contributed by atoms with van der Waals surface area (Å²) in [5.41, 5.74) is 4.56. The van der Waals surface area contributed by atoms with E-state index in [0.29, 0.717) is 12.1 Å². The Morgan fingerprint density at radius 2 is 1.88 bits per heavy atom. The van der Waals surface area contributed by atoms with Crippen molar-refractivity contribution in [2.45, 2.75) is 52.1 Å². The van der Waals surface area contributed by atoms with E-state index < -0.39 is 0 Å². The highest BCUT2D eigenvalue weighted by atomic mass is 79.9. The highest BCUT2D eigenvalue weighted by Crippen LogP contribution is 2.40. The van der Waals surface area contributed by atoms with Crippen LogP contribution in [-0.2, 0) is 0 Å². The van der Waals surface area contributed by atoms with Gasteiger partial charge in [0.25, 0.3) is 0 Å². The molecule has 1 N–H and O–H groups in total. The molecular weight excluding hydrogens is 388 g/mol. The Kier molecular flexibility index (Phi) is 6.09. The molecule has 4 rings (SSSR count). The van der Waals surface area contributed by atoms with Crippen LogP contribution in [0.15, 0.2) is 41.0 Å². The number of aryl methyl sites for hydroxylation is 1. The van der Waals surface area contributed by atoms with Crippen molar-refractivity contribution in [2.24, 2.45) is 0 Å². The van der Waals surface area contributed by atoms with Crippen LogP contribution in [0.3, 0.4) is 0 Å². The minimum Gasteiger partial charge on any atom is -0.341 e. The van der Waals surface area contributed by atoms with E-state index in [1.165, 1.54) is 17.7 Å². The first-order valence-electron chi connectivity index (χ1n) is 9.42. The van der Waals surface area contributed by atoms with Gasteiger partial charge in [0.05, 0.1) is 23.3 Å². The molecule has 5 heteroatoms. The highest BCUT2D eigenvalue weighted by molar-refractivity contribution is 9.10. The van der Waals surface area contributed by atoms with Gasteiger partial charge in [-0.3, -0.25) is 9.88 Å². The second kappa shape index (κ2) is 8.31. The molecule has 2 unspecified atom stereocenters. The Morgan fingerprint density at radius 1 is 1.12 bits per heavy atom. The monoisotopic (exact) mass is 414 g/mol. The fraction of sp³-hybridized carbons (Fsp3) is 0.429. The molecule has 3 heterocycles. The standard InChI is InChI=1S/C19H21BrN4.C2H6/c1-12-6-5-11-21-17(12)15-9-4-10-16(24(15)2)19-22-14-8-3-7-13(20)18(14)23-19;1-2/h3,5-8,11,15-16H,4,9-10H2,1-2H3,(H,22,23);1-2H3. The van der Waals surface area contributed by atoms with Crippen LogP contribution >= 0.6 is 15.9 Å². The van der Waals surface area contributed by atoms with E-state index in [4.69, 9.17) is 4.98 Å². The number of pyridine rings is 1. The molecule has 3 aromatic rings. The lowest BCUT2D eigenvalue weighted by Crippen LogP contribution is -2.34. The predicted octanol–water partition coefficient (Wildman–Crippen LogP) is 5.95. The van der Waals surface area contributed by atoms with E-state index in [9.17, 15) is 0 Å². The van der Waals surface area contributed by atoms with Crippen LogP contribution in [0.1, 0.15) is 62.3 Å². The number of H-pyrrole nitrogens is 1. The highest BCUT2D eigenvalue weighted by Gasteiger charge is 2.32. The molecule has 4 nitrogen and oxygen atoms in total. The molecule has 1 fully saturated rings. The van der Waals surface area contributed by atoms with Crippen LogP contribution in [0.4, 0.5) is 0 Å². The number of nitrogens with zero attached hydrogens (tertiary/aromatic N) is 3. The average molecular weight is 415 g/mol. The number of piperidine rings is 1. The lowest BCUT2D eigenvalue weighted by atomic mass is 9.92. The number of rotatable bonds is 2. The summed E-state index contributed by atoms with van der Waals surface area (Å²) in [4.78, 5) is 15.5. The van der Waals surface area contributed by atoms with Gasteiger partial charge in [-0.25, -0.2) is 4.98 Å². The number of imidazole rings is 1. The van der Waals surface area contributed by atoms with E-state index in [2.05, 4.69) is 56.9 Å². The quantitative estimate of drug-likeness (QED) is 0.562. The Hall–Kier alpha value is -1.72. The maximum absolute atomic E-state index is 4.87. The number of para-hydroxylation sites is 1. The van der Waals surface area contributed by atoms with Crippen molar-refractivity contribution in [3.05, 3.63) is 58.1 Å². The predicted molar refractivity (Wildman–Crippen MR) is 111 cm³/mol. The Bertz CT molecular complexity index is 873. The Labute approximate surface area is 164 Å². The summed E-state index contributed by atoms with van der Waals surface area (Å²) in [6.45, 7) is 6.15. The van der Waals surface area contributed by atoms with Crippen LogP contribution in [-0.4, -0.2) is 26.9 Å². The van der Waals surface area contributed by atoms with E-state index in [1.54, 1.807) is 0 Å². The number of hydrogen-bond acceptors (Lipinski definition) is 3. The summed E-state index contributed by atoms with van der Waals surface area (Å²) in [5, 5.41) is 0. The Morgan fingerprint density at radius 3 is 2.62 bits per heavy atom. The smallest absolute Gasteiger partial charge is 0.124 e. The van der Waals surface area contributed by atoms with Gasteiger partial charge in [-0.15, -0.1) is 0 Å². The number of aromatic amines is 1. The molecule has 1 aliphatic rings. The summed E-state index contributed by atoms with van der Waals surface area (Å²) >= 11 is 3.60. The molecule has 0 saturated carbocycles. The zero-order valence-corrected chi connectivity index (χ0v) is 17.5.